The van der Waals surface area contributed by atoms with Gasteiger partial charge in [-0.15, -0.1) is 0 Å². The molecule has 0 atom stereocenters. The van der Waals surface area contributed by atoms with Crippen molar-refractivity contribution >= 4 is 11.6 Å². The number of Topliss-reactive ketones (excluding diaryl/α,β-unsaturated/α-hetero) is 2. The Bertz CT molecular complexity index is 345. The van der Waals surface area contributed by atoms with E-state index in [1.807, 2.05) is 6.07 Å². The van der Waals surface area contributed by atoms with Crippen LogP contribution in [-0.4, -0.2) is 29.9 Å². The van der Waals surface area contributed by atoms with Gasteiger partial charge >= 0.3 is 0 Å². The van der Waals surface area contributed by atoms with Gasteiger partial charge in [-0.25, -0.2) is 0 Å². The third-order valence-electron chi connectivity index (χ3n) is 1.99. The Morgan fingerprint density at radius 3 is 2.44 bits per heavy atom. The molecular weight excluding hydrogens is 208 g/mol. The van der Waals surface area contributed by atoms with Gasteiger partial charge in [0.2, 0.25) is 11.6 Å². The van der Waals surface area contributed by atoms with Gasteiger partial charge in [0.15, 0.2) is 6.61 Å². The van der Waals surface area contributed by atoms with E-state index in [1.54, 1.807) is 24.3 Å². The van der Waals surface area contributed by atoms with Gasteiger partial charge in [0.05, 0.1) is 0 Å². The number of rotatable bonds is 7. The first-order valence-electron chi connectivity index (χ1n) is 5.09. The third kappa shape index (κ3) is 4.23. The number of carbonyl (C=O) groups is 2. The van der Waals surface area contributed by atoms with Gasteiger partial charge in [0.25, 0.3) is 0 Å². The summed E-state index contributed by atoms with van der Waals surface area (Å²) in [6.45, 7) is -0.327. The maximum absolute atomic E-state index is 11.3. The largest absolute Gasteiger partial charge is 0.485 e. The van der Waals surface area contributed by atoms with Crippen molar-refractivity contribution in [1.82, 2.24) is 0 Å². The second-order valence-electron chi connectivity index (χ2n) is 3.28. The lowest BCUT2D eigenvalue weighted by Gasteiger charge is -2.03. The molecule has 0 amide bonds. The Labute approximate surface area is 93.9 Å². The van der Waals surface area contributed by atoms with Gasteiger partial charge < -0.3 is 9.84 Å². The summed E-state index contributed by atoms with van der Waals surface area (Å²) in [5.41, 5.74) is 0. The van der Waals surface area contributed by atoms with Crippen molar-refractivity contribution in [2.45, 2.75) is 12.8 Å². The zero-order chi connectivity index (χ0) is 11.8. The first kappa shape index (κ1) is 12.4. The molecule has 0 aliphatic rings. The van der Waals surface area contributed by atoms with E-state index in [0.717, 1.165) is 0 Å². The van der Waals surface area contributed by atoms with E-state index in [2.05, 4.69) is 0 Å². The van der Waals surface area contributed by atoms with Crippen LogP contribution in [0.25, 0.3) is 0 Å². The number of aliphatic hydroxyl groups excluding tert-OH is 1. The molecule has 0 saturated heterocycles. The summed E-state index contributed by atoms with van der Waals surface area (Å²) in [6, 6.07) is 8.83. The number of aliphatic hydroxyl groups is 1. The molecule has 0 spiro atoms. The van der Waals surface area contributed by atoms with Gasteiger partial charge in [0.1, 0.15) is 5.75 Å². The molecule has 0 aliphatic heterocycles. The van der Waals surface area contributed by atoms with E-state index in [9.17, 15) is 9.59 Å². The standard InChI is InChI=1S/C12H14O4/c13-8-4-7-11(14)12(15)9-16-10-5-2-1-3-6-10/h1-3,5-6,13H,4,7-9H2. The van der Waals surface area contributed by atoms with Crippen LogP contribution in [0.2, 0.25) is 0 Å². The van der Waals surface area contributed by atoms with Crippen molar-refractivity contribution in [3.8, 4) is 5.75 Å². The maximum Gasteiger partial charge on any atom is 0.235 e. The minimum absolute atomic E-state index is 0.0769. The van der Waals surface area contributed by atoms with E-state index in [0.29, 0.717) is 12.2 Å². The van der Waals surface area contributed by atoms with E-state index in [-0.39, 0.29) is 19.6 Å². The number of hydrogen-bond donors (Lipinski definition) is 1. The lowest BCUT2D eigenvalue weighted by atomic mass is 10.1. The number of carbonyl (C=O) groups excluding carboxylic acids is 2. The van der Waals surface area contributed by atoms with Crippen LogP contribution in [0.15, 0.2) is 30.3 Å². The number of benzene rings is 1. The van der Waals surface area contributed by atoms with Crippen LogP contribution >= 0.6 is 0 Å². The lowest BCUT2D eigenvalue weighted by molar-refractivity contribution is -0.137. The molecule has 4 heteroatoms. The molecule has 0 heterocycles. The van der Waals surface area contributed by atoms with E-state index < -0.39 is 11.6 Å². The van der Waals surface area contributed by atoms with E-state index >= 15 is 0 Å². The summed E-state index contributed by atoms with van der Waals surface area (Å²) in [4.78, 5) is 22.4. The molecule has 0 radical (unpaired) electrons. The highest BCUT2D eigenvalue weighted by Gasteiger charge is 2.13. The van der Waals surface area contributed by atoms with Gasteiger partial charge in [-0.05, 0) is 18.6 Å². The topological polar surface area (TPSA) is 63.6 Å². The van der Waals surface area contributed by atoms with E-state index in [1.165, 1.54) is 0 Å². The van der Waals surface area contributed by atoms with Gasteiger partial charge in [0, 0.05) is 13.0 Å². The highest BCUT2D eigenvalue weighted by molar-refractivity contribution is 6.37. The third-order valence-corrected chi connectivity index (χ3v) is 1.99. The van der Waals surface area contributed by atoms with Crippen molar-refractivity contribution in [1.29, 1.82) is 0 Å². The molecule has 1 rings (SSSR count). The monoisotopic (exact) mass is 222 g/mol. The maximum atomic E-state index is 11.3. The molecule has 1 aromatic rings. The molecule has 0 bridgehead atoms. The van der Waals surface area contributed by atoms with Crippen LogP contribution in [0.4, 0.5) is 0 Å². The summed E-state index contributed by atoms with van der Waals surface area (Å²) in [5, 5.41) is 8.51. The predicted octanol–water partition coefficient (Wildman–Crippen LogP) is 0.976. The molecule has 0 saturated carbocycles. The second-order valence-corrected chi connectivity index (χ2v) is 3.28. The summed E-state index contributed by atoms with van der Waals surface area (Å²) in [5.74, 6) is -0.493. The Hall–Kier alpha value is -1.68. The highest BCUT2D eigenvalue weighted by Crippen LogP contribution is 2.08. The van der Waals surface area contributed by atoms with Crippen LogP contribution < -0.4 is 4.74 Å². The summed E-state index contributed by atoms with van der Waals surface area (Å²) >= 11 is 0. The van der Waals surface area contributed by atoms with Crippen LogP contribution in [0.3, 0.4) is 0 Å². The summed E-state index contributed by atoms with van der Waals surface area (Å²) in [6.07, 6.45) is 0.392. The van der Waals surface area contributed by atoms with Crippen LogP contribution in [0.1, 0.15) is 12.8 Å². The SMILES string of the molecule is O=C(CCCO)C(=O)COc1ccccc1. The number of para-hydroxylation sites is 1. The average Bonchev–Trinajstić information content (AvgIpc) is 2.34. The van der Waals surface area contributed by atoms with Crippen molar-refractivity contribution in [3.63, 3.8) is 0 Å². The average molecular weight is 222 g/mol. The molecule has 1 aromatic carbocycles. The number of ether oxygens (including phenoxy) is 1. The van der Waals surface area contributed by atoms with Crippen LogP contribution in [0.5, 0.6) is 5.75 Å². The fourth-order valence-electron chi connectivity index (χ4n) is 1.13. The van der Waals surface area contributed by atoms with E-state index in [4.69, 9.17) is 9.84 Å². The summed E-state index contributed by atoms with van der Waals surface area (Å²) in [7, 11) is 0. The molecule has 1 N–H and O–H groups in total. The Kier molecular flexibility index (Phi) is 5.22. The normalized spacial score (nSPS) is 9.81. The molecule has 0 fully saturated rings. The minimum Gasteiger partial charge on any atom is -0.485 e. The summed E-state index contributed by atoms with van der Waals surface area (Å²) < 4.78 is 5.14. The number of hydrogen-bond acceptors (Lipinski definition) is 4. The molecule has 0 unspecified atom stereocenters. The van der Waals surface area contributed by atoms with Crippen molar-refractivity contribution in [2.75, 3.05) is 13.2 Å². The first-order chi connectivity index (χ1) is 7.74. The lowest BCUT2D eigenvalue weighted by Crippen LogP contribution is -2.21. The first-order valence-corrected chi connectivity index (χ1v) is 5.09. The predicted molar refractivity (Wildman–Crippen MR) is 58.3 cm³/mol. The van der Waals surface area contributed by atoms with Crippen molar-refractivity contribution < 1.29 is 19.4 Å². The highest BCUT2D eigenvalue weighted by atomic mass is 16.5. The quantitative estimate of drug-likeness (QED) is 0.698. The Balaban J connectivity index is 2.32. The Morgan fingerprint density at radius 2 is 1.81 bits per heavy atom. The number of ketones is 2. The zero-order valence-corrected chi connectivity index (χ0v) is 8.89. The Morgan fingerprint density at radius 1 is 1.12 bits per heavy atom. The molecular formula is C12H14O4. The van der Waals surface area contributed by atoms with Gasteiger partial charge in [-0.1, -0.05) is 18.2 Å². The van der Waals surface area contributed by atoms with Crippen molar-refractivity contribution in [3.05, 3.63) is 30.3 Å². The zero-order valence-electron chi connectivity index (χ0n) is 8.89. The molecule has 0 aliphatic carbocycles. The smallest absolute Gasteiger partial charge is 0.235 e. The molecule has 86 valence electrons. The fraction of sp³-hybridized carbons (Fsp3) is 0.333. The molecule has 0 aromatic heterocycles. The van der Waals surface area contributed by atoms with Crippen LogP contribution in [0, 0.1) is 0 Å². The molecule has 16 heavy (non-hydrogen) atoms. The van der Waals surface area contributed by atoms with Crippen LogP contribution in [-0.2, 0) is 9.59 Å². The molecule has 4 nitrogen and oxygen atoms in total. The van der Waals surface area contributed by atoms with Gasteiger partial charge in [-0.2, -0.15) is 0 Å². The fourth-order valence-corrected chi connectivity index (χ4v) is 1.13. The second kappa shape index (κ2) is 6.74. The minimum atomic E-state index is -0.558. The van der Waals surface area contributed by atoms with Crippen molar-refractivity contribution in [2.24, 2.45) is 0 Å². The van der Waals surface area contributed by atoms with Gasteiger partial charge in [-0.3, -0.25) is 9.59 Å².